The Morgan fingerprint density at radius 3 is 2.96 bits per heavy atom. The number of nitrogens with zero attached hydrogens (tertiary/aromatic N) is 5. The molecule has 1 saturated heterocycles. The quantitative estimate of drug-likeness (QED) is 0.916. The van der Waals surface area contributed by atoms with Crippen molar-refractivity contribution in [1.29, 1.82) is 0 Å². The molecule has 0 aromatic carbocycles. The largest absolute Gasteiger partial charge is 0.361 e. The summed E-state index contributed by atoms with van der Waals surface area (Å²) in [5.74, 6) is 1.45. The maximum atomic E-state index is 12.4. The Hall–Kier alpha value is -2.64. The van der Waals surface area contributed by atoms with Crippen LogP contribution < -0.4 is 10.2 Å². The van der Waals surface area contributed by atoms with Crippen molar-refractivity contribution < 1.29 is 9.32 Å². The Bertz CT molecular complexity index is 674. The third-order valence-electron chi connectivity index (χ3n) is 4.01. The SMILES string of the molecule is Cc1cc(CN(C)C(=O)N[C@@H]2CCCN(c3ncccn3)C2)no1. The molecule has 0 unspecified atom stereocenters. The van der Waals surface area contributed by atoms with Crippen molar-refractivity contribution in [1.82, 2.24) is 25.3 Å². The van der Waals surface area contributed by atoms with E-state index in [4.69, 9.17) is 4.52 Å². The van der Waals surface area contributed by atoms with Gasteiger partial charge in [-0.1, -0.05) is 5.16 Å². The number of carbonyl (C=O) groups excluding carboxylic acids is 1. The van der Waals surface area contributed by atoms with Crippen LogP contribution in [0.4, 0.5) is 10.7 Å². The summed E-state index contributed by atoms with van der Waals surface area (Å²) in [4.78, 5) is 24.6. The minimum Gasteiger partial charge on any atom is -0.361 e. The highest BCUT2D eigenvalue weighted by molar-refractivity contribution is 5.74. The van der Waals surface area contributed by atoms with E-state index in [1.54, 1.807) is 30.4 Å². The molecule has 24 heavy (non-hydrogen) atoms. The minimum atomic E-state index is -0.114. The lowest BCUT2D eigenvalue weighted by atomic mass is 10.1. The normalized spacial score (nSPS) is 17.6. The Morgan fingerprint density at radius 1 is 1.46 bits per heavy atom. The summed E-state index contributed by atoms with van der Waals surface area (Å²) in [5.41, 5.74) is 0.744. The number of anilines is 1. The second-order valence-corrected chi connectivity index (χ2v) is 6.07. The molecular formula is C16H22N6O2. The van der Waals surface area contributed by atoms with Gasteiger partial charge in [0, 0.05) is 44.6 Å². The van der Waals surface area contributed by atoms with E-state index in [0.717, 1.165) is 30.8 Å². The number of nitrogens with one attached hydrogen (secondary N) is 1. The fourth-order valence-electron chi connectivity index (χ4n) is 2.82. The number of carbonyl (C=O) groups is 1. The van der Waals surface area contributed by atoms with Crippen LogP contribution in [0, 0.1) is 6.92 Å². The molecule has 2 aromatic rings. The molecule has 3 rings (SSSR count). The van der Waals surface area contributed by atoms with E-state index in [1.807, 2.05) is 13.0 Å². The van der Waals surface area contributed by atoms with Crippen molar-refractivity contribution in [2.45, 2.75) is 32.4 Å². The average molecular weight is 330 g/mol. The van der Waals surface area contributed by atoms with Gasteiger partial charge in [-0.25, -0.2) is 14.8 Å². The summed E-state index contributed by atoms with van der Waals surface area (Å²) in [6.07, 6.45) is 5.41. The van der Waals surface area contributed by atoms with Crippen molar-refractivity contribution in [2.24, 2.45) is 0 Å². The molecule has 3 heterocycles. The molecule has 2 aromatic heterocycles. The molecule has 8 nitrogen and oxygen atoms in total. The van der Waals surface area contributed by atoms with Gasteiger partial charge in [-0.05, 0) is 25.8 Å². The molecule has 1 N–H and O–H groups in total. The van der Waals surface area contributed by atoms with Gasteiger partial charge >= 0.3 is 6.03 Å². The second-order valence-electron chi connectivity index (χ2n) is 6.07. The van der Waals surface area contributed by atoms with E-state index in [2.05, 4.69) is 25.3 Å². The van der Waals surface area contributed by atoms with Gasteiger partial charge in [0.2, 0.25) is 5.95 Å². The second kappa shape index (κ2) is 7.29. The predicted molar refractivity (Wildman–Crippen MR) is 88.5 cm³/mol. The highest BCUT2D eigenvalue weighted by Gasteiger charge is 2.24. The van der Waals surface area contributed by atoms with Crippen LogP contribution in [0.1, 0.15) is 24.3 Å². The van der Waals surface area contributed by atoms with Crippen LogP contribution in [-0.2, 0) is 6.54 Å². The van der Waals surface area contributed by atoms with Crippen molar-refractivity contribution in [3.05, 3.63) is 36.0 Å². The zero-order valence-electron chi connectivity index (χ0n) is 14.0. The van der Waals surface area contributed by atoms with Gasteiger partial charge in [0.25, 0.3) is 0 Å². The van der Waals surface area contributed by atoms with Crippen LogP contribution in [0.3, 0.4) is 0 Å². The van der Waals surface area contributed by atoms with Crippen LogP contribution in [0.25, 0.3) is 0 Å². The fourth-order valence-corrected chi connectivity index (χ4v) is 2.82. The molecule has 1 atom stereocenters. The molecule has 0 aliphatic carbocycles. The lowest BCUT2D eigenvalue weighted by Crippen LogP contribution is -2.51. The standard InChI is InChI=1S/C16H22N6O2/c1-12-9-14(20-24-12)10-21(2)16(23)19-13-5-3-8-22(11-13)15-17-6-4-7-18-15/h4,6-7,9,13H,3,5,8,10-11H2,1-2H3,(H,19,23)/t13-/m1/s1. The van der Waals surface area contributed by atoms with Gasteiger partial charge in [0.05, 0.1) is 6.54 Å². The number of hydrogen-bond acceptors (Lipinski definition) is 6. The predicted octanol–water partition coefficient (Wildman–Crippen LogP) is 1.58. The molecule has 1 aliphatic heterocycles. The molecular weight excluding hydrogens is 308 g/mol. The molecule has 0 radical (unpaired) electrons. The molecule has 0 spiro atoms. The zero-order valence-corrected chi connectivity index (χ0v) is 14.0. The van der Waals surface area contributed by atoms with Gasteiger partial charge in [-0.2, -0.15) is 0 Å². The van der Waals surface area contributed by atoms with Crippen molar-refractivity contribution in [2.75, 3.05) is 25.0 Å². The number of hydrogen-bond donors (Lipinski definition) is 1. The number of amides is 2. The molecule has 0 saturated carbocycles. The molecule has 8 heteroatoms. The molecule has 1 fully saturated rings. The highest BCUT2D eigenvalue weighted by Crippen LogP contribution is 2.15. The smallest absolute Gasteiger partial charge is 0.317 e. The van der Waals surface area contributed by atoms with E-state index >= 15 is 0 Å². The van der Waals surface area contributed by atoms with Gasteiger partial charge in [0.15, 0.2) is 0 Å². The molecule has 128 valence electrons. The van der Waals surface area contributed by atoms with E-state index in [0.29, 0.717) is 19.0 Å². The third-order valence-corrected chi connectivity index (χ3v) is 4.01. The summed E-state index contributed by atoms with van der Waals surface area (Å²) in [7, 11) is 1.75. The van der Waals surface area contributed by atoms with Crippen LogP contribution >= 0.6 is 0 Å². The lowest BCUT2D eigenvalue weighted by Gasteiger charge is -2.33. The highest BCUT2D eigenvalue weighted by atomic mass is 16.5. The molecule has 2 amide bonds. The Kier molecular flexibility index (Phi) is 4.93. The molecule has 0 bridgehead atoms. The van der Waals surface area contributed by atoms with Crippen LogP contribution in [0.5, 0.6) is 0 Å². The third kappa shape index (κ3) is 4.01. The average Bonchev–Trinajstić information content (AvgIpc) is 3.00. The maximum absolute atomic E-state index is 12.4. The first-order valence-corrected chi connectivity index (χ1v) is 8.07. The first kappa shape index (κ1) is 16.2. The number of aromatic nitrogens is 3. The Labute approximate surface area is 140 Å². The molecule has 1 aliphatic rings. The lowest BCUT2D eigenvalue weighted by molar-refractivity contribution is 0.199. The van der Waals surface area contributed by atoms with Gasteiger partial charge in [0.1, 0.15) is 11.5 Å². The van der Waals surface area contributed by atoms with Gasteiger partial charge in [-0.15, -0.1) is 0 Å². The Morgan fingerprint density at radius 2 is 2.25 bits per heavy atom. The monoisotopic (exact) mass is 330 g/mol. The first-order chi connectivity index (χ1) is 11.6. The first-order valence-electron chi connectivity index (χ1n) is 8.07. The number of urea groups is 1. The minimum absolute atomic E-state index is 0.0801. The van der Waals surface area contributed by atoms with Gasteiger partial charge in [-0.3, -0.25) is 0 Å². The van der Waals surface area contributed by atoms with Crippen LogP contribution in [0.15, 0.2) is 29.0 Å². The van der Waals surface area contributed by atoms with E-state index < -0.39 is 0 Å². The van der Waals surface area contributed by atoms with Crippen molar-refractivity contribution in [3.63, 3.8) is 0 Å². The van der Waals surface area contributed by atoms with E-state index in [9.17, 15) is 4.79 Å². The summed E-state index contributed by atoms with van der Waals surface area (Å²) < 4.78 is 5.03. The van der Waals surface area contributed by atoms with E-state index in [-0.39, 0.29) is 12.1 Å². The van der Waals surface area contributed by atoms with Crippen LogP contribution in [0.2, 0.25) is 0 Å². The zero-order chi connectivity index (χ0) is 16.9. The number of rotatable bonds is 4. The van der Waals surface area contributed by atoms with E-state index in [1.165, 1.54) is 0 Å². The number of piperidine rings is 1. The fraction of sp³-hybridized carbons (Fsp3) is 0.500. The Balaban J connectivity index is 1.53. The summed E-state index contributed by atoms with van der Waals surface area (Å²) >= 11 is 0. The maximum Gasteiger partial charge on any atom is 0.317 e. The summed E-state index contributed by atoms with van der Waals surface area (Å²) in [5, 5.41) is 6.99. The van der Waals surface area contributed by atoms with Crippen molar-refractivity contribution in [3.8, 4) is 0 Å². The van der Waals surface area contributed by atoms with Crippen LogP contribution in [-0.4, -0.2) is 52.2 Å². The summed E-state index contributed by atoms with van der Waals surface area (Å²) in [6, 6.07) is 3.60. The summed E-state index contributed by atoms with van der Waals surface area (Å²) in [6.45, 7) is 3.87. The topological polar surface area (TPSA) is 87.4 Å². The van der Waals surface area contributed by atoms with Crippen molar-refractivity contribution >= 4 is 12.0 Å². The number of aryl methyl sites for hydroxylation is 1. The van der Waals surface area contributed by atoms with Gasteiger partial charge < -0.3 is 19.6 Å².